The lowest BCUT2D eigenvalue weighted by Crippen LogP contribution is -2.33. The lowest BCUT2D eigenvalue weighted by Gasteiger charge is -2.10. The largest absolute Gasteiger partial charge is 0.353 e. The van der Waals surface area contributed by atoms with Gasteiger partial charge in [0.2, 0.25) is 5.91 Å². The first-order valence-corrected chi connectivity index (χ1v) is 6.80. The van der Waals surface area contributed by atoms with Crippen LogP contribution in [0.15, 0.2) is 30.3 Å². The van der Waals surface area contributed by atoms with Crippen molar-refractivity contribution in [1.29, 1.82) is 0 Å². The summed E-state index contributed by atoms with van der Waals surface area (Å²) in [5.74, 6) is 0.594. The van der Waals surface area contributed by atoms with Crippen molar-refractivity contribution in [2.24, 2.45) is 5.73 Å². The fraction of sp³-hybridized carbons (Fsp3) is 0.533. The molecule has 18 heavy (non-hydrogen) atoms. The Morgan fingerprint density at radius 1 is 1.44 bits per heavy atom. The Kier molecular flexibility index (Phi) is 4.37. The summed E-state index contributed by atoms with van der Waals surface area (Å²) >= 11 is 0. The summed E-state index contributed by atoms with van der Waals surface area (Å²) in [6.07, 6.45) is 3.45. The molecular formula is C15H22N2O. The van der Waals surface area contributed by atoms with Gasteiger partial charge in [0, 0.05) is 24.4 Å². The Balaban J connectivity index is 1.74. The van der Waals surface area contributed by atoms with Crippen LogP contribution in [0.25, 0.3) is 0 Å². The first kappa shape index (κ1) is 13.1. The molecule has 1 aromatic rings. The minimum absolute atomic E-state index is 0.00363. The van der Waals surface area contributed by atoms with E-state index >= 15 is 0 Å². The van der Waals surface area contributed by atoms with Crippen LogP contribution in [0, 0.1) is 0 Å². The average molecular weight is 246 g/mol. The van der Waals surface area contributed by atoms with E-state index in [1.54, 1.807) is 0 Å². The Hall–Kier alpha value is -1.35. The van der Waals surface area contributed by atoms with Gasteiger partial charge in [-0.05, 0) is 18.4 Å². The molecule has 3 N–H and O–H groups in total. The molecule has 1 aliphatic rings. The van der Waals surface area contributed by atoms with Crippen molar-refractivity contribution in [2.75, 3.05) is 0 Å². The molecule has 0 aliphatic heterocycles. The normalized spacial score (nSPS) is 23.4. The smallest absolute Gasteiger partial charge is 0.221 e. The summed E-state index contributed by atoms with van der Waals surface area (Å²) in [6, 6.07) is 10.7. The van der Waals surface area contributed by atoms with Crippen LogP contribution >= 0.6 is 0 Å². The van der Waals surface area contributed by atoms with Crippen LogP contribution in [0.3, 0.4) is 0 Å². The molecule has 3 nitrogen and oxygen atoms in total. The highest BCUT2D eigenvalue weighted by molar-refractivity contribution is 5.77. The minimum atomic E-state index is 0.00363. The fourth-order valence-corrected chi connectivity index (χ4v) is 2.40. The lowest BCUT2D eigenvalue weighted by molar-refractivity contribution is -0.121. The number of nitrogens with two attached hydrogens (primary N) is 1. The van der Waals surface area contributed by atoms with E-state index in [0.717, 1.165) is 19.3 Å². The van der Waals surface area contributed by atoms with Crippen molar-refractivity contribution in [3.05, 3.63) is 35.9 Å². The molecule has 1 aliphatic carbocycles. The number of carbonyl (C=O) groups excluding carboxylic acids is 1. The molecule has 0 saturated heterocycles. The van der Waals surface area contributed by atoms with E-state index < -0.39 is 0 Å². The maximum atomic E-state index is 11.8. The van der Waals surface area contributed by atoms with E-state index in [0.29, 0.717) is 18.4 Å². The molecule has 1 amide bonds. The number of hydrogen-bond acceptors (Lipinski definition) is 2. The van der Waals surface area contributed by atoms with Gasteiger partial charge in [-0.15, -0.1) is 0 Å². The Morgan fingerprint density at radius 3 is 2.83 bits per heavy atom. The number of carbonyl (C=O) groups is 1. The minimum Gasteiger partial charge on any atom is -0.353 e. The van der Waals surface area contributed by atoms with Crippen LogP contribution in [0.2, 0.25) is 0 Å². The van der Waals surface area contributed by atoms with E-state index in [1.807, 2.05) is 18.2 Å². The summed E-state index contributed by atoms with van der Waals surface area (Å²) in [4.78, 5) is 11.8. The maximum Gasteiger partial charge on any atom is 0.221 e. The number of nitrogens with one attached hydrogen (secondary N) is 1. The zero-order valence-corrected chi connectivity index (χ0v) is 10.9. The van der Waals surface area contributed by atoms with Gasteiger partial charge in [0.15, 0.2) is 0 Å². The van der Waals surface area contributed by atoms with Crippen molar-refractivity contribution in [1.82, 2.24) is 5.32 Å². The standard InChI is InChI=1S/C15H22N2O/c1-2-6-12(16)9-15(18)17-14-10-13(14)11-7-4-3-5-8-11/h3-5,7-8,12-14H,2,6,9-10,16H2,1H3,(H,17,18). The molecule has 3 heteroatoms. The fourth-order valence-electron chi connectivity index (χ4n) is 2.40. The van der Waals surface area contributed by atoms with Gasteiger partial charge in [-0.2, -0.15) is 0 Å². The van der Waals surface area contributed by atoms with Gasteiger partial charge in [-0.3, -0.25) is 4.79 Å². The second-order valence-corrected chi connectivity index (χ2v) is 5.18. The molecule has 0 aromatic heterocycles. The first-order chi connectivity index (χ1) is 8.70. The molecular weight excluding hydrogens is 224 g/mol. The summed E-state index contributed by atoms with van der Waals surface area (Å²) in [5, 5.41) is 3.07. The third-order valence-corrected chi connectivity index (χ3v) is 3.47. The molecule has 1 saturated carbocycles. The van der Waals surface area contributed by atoms with E-state index in [-0.39, 0.29) is 11.9 Å². The van der Waals surface area contributed by atoms with Gasteiger partial charge in [-0.25, -0.2) is 0 Å². The van der Waals surface area contributed by atoms with Crippen LogP contribution in [-0.2, 0) is 4.79 Å². The molecule has 3 atom stereocenters. The third-order valence-electron chi connectivity index (χ3n) is 3.47. The number of rotatable bonds is 6. The van der Waals surface area contributed by atoms with Crippen LogP contribution < -0.4 is 11.1 Å². The topological polar surface area (TPSA) is 55.1 Å². The number of benzene rings is 1. The van der Waals surface area contributed by atoms with Crippen molar-refractivity contribution >= 4 is 5.91 Å². The second kappa shape index (κ2) is 6.01. The van der Waals surface area contributed by atoms with E-state index in [1.165, 1.54) is 5.56 Å². The van der Waals surface area contributed by atoms with Crippen LogP contribution in [0.5, 0.6) is 0 Å². The van der Waals surface area contributed by atoms with Gasteiger partial charge in [0.1, 0.15) is 0 Å². The molecule has 0 spiro atoms. The quantitative estimate of drug-likeness (QED) is 0.808. The Labute approximate surface area is 109 Å². The second-order valence-electron chi connectivity index (χ2n) is 5.18. The predicted octanol–water partition coefficient (Wildman–Crippen LogP) is 2.18. The van der Waals surface area contributed by atoms with E-state index in [4.69, 9.17) is 5.73 Å². The van der Waals surface area contributed by atoms with Gasteiger partial charge in [0.05, 0.1) is 0 Å². The Bertz CT molecular complexity index is 391. The molecule has 98 valence electrons. The summed E-state index contributed by atoms with van der Waals surface area (Å²) in [7, 11) is 0. The third kappa shape index (κ3) is 3.57. The monoisotopic (exact) mass is 246 g/mol. The number of amides is 1. The van der Waals surface area contributed by atoms with Crippen molar-refractivity contribution in [3.63, 3.8) is 0 Å². The first-order valence-electron chi connectivity index (χ1n) is 6.80. The highest BCUT2D eigenvalue weighted by Gasteiger charge is 2.39. The van der Waals surface area contributed by atoms with Crippen LogP contribution in [-0.4, -0.2) is 18.0 Å². The zero-order chi connectivity index (χ0) is 13.0. The molecule has 0 bridgehead atoms. The average Bonchev–Trinajstić information content (AvgIpc) is 3.09. The van der Waals surface area contributed by atoms with Crippen LogP contribution in [0.1, 0.15) is 44.1 Å². The van der Waals surface area contributed by atoms with Crippen LogP contribution in [0.4, 0.5) is 0 Å². The Morgan fingerprint density at radius 2 is 2.17 bits per heavy atom. The maximum absolute atomic E-state index is 11.8. The molecule has 3 unspecified atom stereocenters. The molecule has 0 heterocycles. The highest BCUT2D eigenvalue weighted by atomic mass is 16.1. The van der Waals surface area contributed by atoms with Crippen molar-refractivity contribution in [3.8, 4) is 0 Å². The zero-order valence-electron chi connectivity index (χ0n) is 10.9. The highest BCUT2D eigenvalue weighted by Crippen LogP contribution is 2.40. The van der Waals surface area contributed by atoms with Crippen molar-refractivity contribution < 1.29 is 4.79 Å². The van der Waals surface area contributed by atoms with E-state index in [2.05, 4.69) is 24.4 Å². The lowest BCUT2D eigenvalue weighted by atomic mass is 10.1. The van der Waals surface area contributed by atoms with E-state index in [9.17, 15) is 4.79 Å². The molecule has 1 aromatic carbocycles. The van der Waals surface area contributed by atoms with Gasteiger partial charge < -0.3 is 11.1 Å². The molecule has 2 rings (SSSR count). The van der Waals surface area contributed by atoms with Gasteiger partial charge in [0.25, 0.3) is 0 Å². The summed E-state index contributed by atoms with van der Waals surface area (Å²) < 4.78 is 0. The number of hydrogen-bond donors (Lipinski definition) is 2. The SMILES string of the molecule is CCCC(N)CC(=O)NC1CC1c1ccccc1. The van der Waals surface area contributed by atoms with Crippen molar-refractivity contribution in [2.45, 2.75) is 50.6 Å². The molecule has 1 fully saturated rings. The molecule has 0 radical (unpaired) electrons. The predicted molar refractivity (Wildman–Crippen MR) is 73.2 cm³/mol. The van der Waals surface area contributed by atoms with Gasteiger partial charge >= 0.3 is 0 Å². The van der Waals surface area contributed by atoms with Gasteiger partial charge in [-0.1, -0.05) is 43.7 Å². The summed E-state index contributed by atoms with van der Waals surface area (Å²) in [5.41, 5.74) is 7.19. The summed E-state index contributed by atoms with van der Waals surface area (Å²) in [6.45, 7) is 2.09.